The molecule has 0 bridgehead atoms. The summed E-state index contributed by atoms with van der Waals surface area (Å²) >= 11 is 0. The molecule has 2 aliphatic rings. The van der Waals surface area contributed by atoms with Crippen LogP contribution < -0.4 is 10.2 Å². The van der Waals surface area contributed by atoms with Crippen LogP contribution in [0.5, 0.6) is 0 Å². The average Bonchev–Trinajstić information content (AvgIpc) is 3.13. The molecule has 0 saturated carbocycles. The van der Waals surface area contributed by atoms with Gasteiger partial charge in [0.1, 0.15) is 5.84 Å². The number of carbonyl (C=O) groups is 1. The summed E-state index contributed by atoms with van der Waals surface area (Å²) in [5.41, 5.74) is 1.90. The highest BCUT2D eigenvalue weighted by Crippen LogP contribution is 2.36. The molecule has 1 N–H and O–H groups in total. The third kappa shape index (κ3) is 2.34. The number of rotatable bonds is 2. The molecule has 2 aliphatic heterocycles. The summed E-state index contributed by atoms with van der Waals surface area (Å²) in [6, 6.07) is 9.72. The van der Waals surface area contributed by atoms with Crippen molar-refractivity contribution in [1.29, 1.82) is 0 Å². The topological polar surface area (TPSA) is 78.8 Å². The Morgan fingerprint density at radius 2 is 1.84 bits per heavy atom. The van der Waals surface area contributed by atoms with E-state index in [0.717, 1.165) is 12.2 Å². The molecule has 4 rings (SSSR count). The summed E-state index contributed by atoms with van der Waals surface area (Å²) in [7, 11) is -0.0583. The van der Waals surface area contributed by atoms with Gasteiger partial charge in [-0.1, -0.05) is 6.07 Å². The molecule has 0 amide bonds. The van der Waals surface area contributed by atoms with Crippen LogP contribution in [0.3, 0.4) is 0 Å². The summed E-state index contributed by atoms with van der Waals surface area (Å²) in [5.74, 6) is 0.399. The fourth-order valence-electron chi connectivity index (χ4n) is 3.14. The second-order valence-electron chi connectivity index (χ2n) is 6.28. The number of sulfone groups is 1. The maximum atomic E-state index is 13.1. The van der Waals surface area contributed by atoms with Crippen molar-refractivity contribution < 1.29 is 13.2 Å². The molecule has 0 spiro atoms. The number of amidine groups is 1. The fraction of sp³-hybridized carbons (Fsp3) is 0.222. The minimum Gasteiger partial charge on any atom is -0.378 e. The molecule has 0 unspecified atom stereocenters. The zero-order valence-electron chi connectivity index (χ0n) is 13.9. The molecule has 0 saturated heterocycles. The highest BCUT2D eigenvalue weighted by molar-refractivity contribution is 7.91. The number of ketones is 1. The molecule has 128 valence electrons. The van der Waals surface area contributed by atoms with E-state index in [1.807, 2.05) is 19.0 Å². The van der Waals surface area contributed by atoms with E-state index in [9.17, 15) is 13.2 Å². The van der Waals surface area contributed by atoms with E-state index in [1.54, 1.807) is 30.3 Å². The monoisotopic (exact) mass is 355 g/mol. The van der Waals surface area contributed by atoms with Crippen LogP contribution in [0, 0.1) is 0 Å². The first-order valence-corrected chi connectivity index (χ1v) is 9.42. The third-order valence-corrected chi connectivity index (χ3v) is 6.33. The Morgan fingerprint density at radius 3 is 2.52 bits per heavy atom. The van der Waals surface area contributed by atoms with Crippen LogP contribution in [0.15, 0.2) is 51.2 Å². The molecular formula is C18H17N3O3S. The second-order valence-corrected chi connectivity index (χ2v) is 8.16. The van der Waals surface area contributed by atoms with Gasteiger partial charge in [0.15, 0.2) is 5.78 Å². The van der Waals surface area contributed by atoms with Crippen LogP contribution in [0.2, 0.25) is 0 Å². The first-order chi connectivity index (χ1) is 11.9. The number of aliphatic imine (C=N–C) groups is 1. The fourth-order valence-corrected chi connectivity index (χ4v) is 4.80. The van der Waals surface area contributed by atoms with E-state index in [4.69, 9.17) is 0 Å². The van der Waals surface area contributed by atoms with Gasteiger partial charge in [0.2, 0.25) is 9.84 Å². The van der Waals surface area contributed by atoms with Crippen molar-refractivity contribution in [3.05, 3.63) is 53.1 Å². The van der Waals surface area contributed by atoms with Gasteiger partial charge in [-0.25, -0.2) is 8.42 Å². The molecule has 2 heterocycles. The number of nitrogens with one attached hydrogen (secondary N) is 1. The third-order valence-electron chi connectivity index (χ3n) is 4.48. The summed E-state index contributed by atoms with van der Waals surface area (Å²) < 4.78 is 26.1. The number of nitrogens with zero attached hydrogens (tertiary/aromatic N) is 2. The zero-order valence-corrected chi connectivity index (χ0v) is 14.7. The van der Waals surface area contributed by atoms with Gasteiger partial charge in [0.25, 0.3) is 0 Å². The molecule has 0 fully saturated rings. The second kappa shape index (κ2) is 5.42. The van der Waals surface area contributed by atoms with Crippen molar-refractivity contribution in [1.82, 2.24) is 5.32 Å². The van der Waals surface area contributed by atoms with Crippen LogP contribution in [0.25, 0.3) is 0 Å². The van der Waals surface area contributed by atoms with E-state index in [0.29, 0.717) is 17.9 Å². The van der Waals surface area contributed by atoms with Gasteiger partial charge in [-0.3, -0.25) is 9.79 Å². The highest BCUT2D eigenvalue weighted by Gasteiger charge is 2.35. The van der Waals surface area contributed by atoms with Gasteiger partial charge in [-0.2, -0.15) is 0 Å². The normalized spacial score (nSPS) is 17.4. The Hall–Kier alpha value is -2.67. The van der Waals surface area contributed by atoms with Crippen molar-refractivity contribution in [3.8, 4) is 0 Å². The van der Waals surface area contributed by atoms with Gasteiger partial charge in [0.05, 0.1) is 16.3 Å². The SMILES string of the molecule is CN(C)c1ccc2c(c1)C(=O)c1ccc(C3=NCCN3)cc1S2(=O)=O. The Bertz CT molecular complexity index is 1040. The minimum atomic E-state index is -3.75. The Morgan fingerprint density at radius 1 is 1.04 bits per heavy atom. The maximum Gasteiger partial charge on any atom is 0.208 e. The Balaban J connectivity index is 1.92. The quantitative estimate of drug-likeness (QED) is 0.753. The lowest BCUT2D eigenvalue weighted by Crippen LogP contribution is -2.24. The molecular weight excluding hydrogens is 338 g/mol. The van der Waals surface area contributed by atoms with Gasteiger partial charge in [0, 0.05) is 43.0 Å². The Kier molecular flexibility index (Phi) is 3.43. The molecule has 0 aromatic heterocycles. The van der Waals surface area contributed by atoms with E-state index in [1.165, 1.54) is 6.07 Å². The first kappa shape index (κ1) is 15.8. The minimum absolute atomic E-state index is 0.0523. The molecule has 7 heteroatoms. The molecule has 0 radical (unpaired) electrons. The van der Waals surface area contributed by atoms with E-state index in [-0.39, 0.29) is 26.7 Å². The van der Waals surface area contributed by atoms with Crippen molar-refractivity contribution >= 4 is 27.1 Å². The van der Waals surface area contributed by atoms with Gasteiger partial charge in [-0.05, 0) is 30.3 Å². The molecule has 6 nitrogen and oxygen atoms in total. The summed E-state index contributed by atoms with van der Waals surface area (Å²) in [5, 5.41) is 3.12. The number of carbonyl (C=O) groups excluding carboxylic acids is 1. The molecule has 0 atom stereocenters. The number of anilines is 1. The summed E-state index contributed by atoms with van der Waals surface area (Å²) in [6.07, 6.45) is 0. The van der Waals surface area contributed by atoms with Gasteiger partial charge < -0.3 is 10.2 Å². The van der Waals surface area contributed by atoms with Crippen LogP contribution in [-0.2, 0) is 9.84 Å². The smallest absolute Gasteiger partial charge is 0.208 e. The number of hydrogen-bond donors (Lipinski definition) is 1. The van der Waals surface area contributed by atoms with Gasteiger partial charge >= 0.3 is 0 Å². The van der Waals surface area contributed by atoms with Crippen LogP contribution in [-0.4, -0.2) is 47.2 Å². The van der Waals surface area contributed by atoms with Gasteiger partial charge in [-0.15, -0.1) is 0 Å². The lowest BCUT2D eigenvalue weighted by atomic mass is 10.00. The van der Waals surface area contributed by atoms with Crippen molar-refractivity contribution in [2.75, 3.05) is 32.1 Å². The standard InChI is InChI=1S/C18H17N3O3S/c1-21(2)12-4-6-15-14(10-12)17(22)13-5-3-11(18-19-7-8-20-18)9-16(13)25(15,23)24/h3-6,9-10H,7-8H2,1-2H3,(H,19,20). The van der Waals surface area contributed by atoms with E-state index in [2.05, 4.69) is 10.3 Å². The van der Waals surface area contributed by atoms with E-state index >= 15 is 0 Å². The molecule has 2 aromatic carbocycles. The number of fused-ring (bicyclic) bond motifs is 2. The maximum absolute atomic E-state index is 13.1. The number of hydrogen-bond acceptors (Lipinski definition) is 6. The lowest BCUT2D eigenvalue weighted by Gasteiger charge is -2.22. The largest absolute Gasteiger partial charge is 0.378 e. The highest BCUT2D eigenvalue weighted by atomic mass is 32.2. The zero-order chi connectivity index (χ0) is 17.8. The van der Waals surface area contributed by atoms with Crippen LogP contribution >= 0.6 is 0 Å². The summed E-state index contributed by atoms with van der Waals surface area (Å²) in [6.45, 7) is 1.39. The Labute approximate surface area is 146 Å². The lowest BCUT2D eigenvalue weighted by molar-refractivity contribution is 0.103. The molecule has 25 heavy (non-hydrogen) atoms. The summed E-state index contributed by atoms with van der Waals surface area (Å²) in [4.78, 5) is 19.1. The molecule has 2 aromatic rings. The van der Waals surface area contributed by atoms with Crippen molar-refractivity contribution in [2.24, 2.45) is 4.99 Å². The van der Waals surface area contributed by atoms with Crippen molar-refractivity contribution in [2.45, 2.75) is 9.79 Å². The van der Waals surface area contributed by atoms with E-state index < -0.39 is 9.84 Å². The number of benzene rings is 2. The first-order valence-electron chi connectivity index (χ1n) is 7.93. The predicted molar refractivity (Wildman–Crippen MR) is 95.5 cm³/mol. The van der Waals surface area contributed by atoms with Crippen molar-refractivity contribution in [3.63, 3.8) is 0 Å². The average molecular weight is 355 g/mol. The van der Waals surface area contributed by atoms with Crippen LogP contribution in [0.1, 0.15) is 21.5 Å². The predicted octanol–water partition coefficient (Wildman–Crippen LogP) is 1.48. The molecule has 0 aliphatic carbocycles. The van der Waals surface area contributed by atoms with Crippen LogP contribution in [0.4, 0.5) is 5.69 Å².